The number of nitrogens with one attached hydrogen (secondary N) is 2. The minimum atomic E-state index is -0.382. The first kappa shape index (κ1) is 24.2. The molecule has 3 rings (SSSR count). The number of hydrogen-bond donors (Lipinski definition) is 2. The fourth-order valence-electron chi connectivity index (χ4n) is 3.32. The van der Waals surface area contributed by atoms with Crippen LogP contribution in [0.2, 0.25) is 0 Å². The number of carbonyl (C=O) groups excluding carboxylic acids is 1. The molecule has 0 spiro atoms. The second kappa shape index (κ2) is 10.6. The van der Waals surface area contributed by atoms with Crippen LogP contribution in [-0.2, 0) is 6.54 Å². The number of aromatic nitrogens is 3. The van der Waals surface area contributed by atoms with E-state index in [1.807, 2.05) is 19.9 Å². The van der Waals surface area contributed by atoms with Crippen molar-refractivity contribution in [1.29, 1.82) is 0 Å². The molecule has 1 aliphatic rings. The Morgan fingerprint density at radius 3 is 2.75 bits per heavy atom. The van der Waals surface area contributed by atoms with E-state index in [2.05, 4.69) is 15.7 Å². The summed E-state index contributed by atoms with van der Waals surface area (Å²) in [4.78, 5) is 25.6. The normalized spacial score (nSPS) is 16.2. The number of anilines is 1. The van der Waals surface area contributed by atoms with E-state index in [1.165, 1.54) is 0 Å². The smallest absolute Gasteiger partial charge is 0.263 e. The Labute approximate surface area is 177 Å². The maximum Gasteiger partial charge on any atom is 0.263 e. The van der Waals surface area contributed by atoms with Crippen LogP contribution >= 0.6 is 24.8 Å². The zero-order chi connectivity index (χ0) is 18.7. The number of amides is 1. The topological polar surface area (TPSA) is 81.0 Å². The number of rotatable bonds is 5. The van der Waals surface area contributed by atoms with Crippen LogP contribution in [-0.4, -0.2) is 33.3 Å². The summed E-state index contributed by atoms with van der Waals surface area (Å²) in [6.07, 6.45) is 7.39. The maximum absolute atomic E-state index is 12.9. The van der Waals surface area contributed by atoms with Gasteiger partial charge in [0.05, 0.1) is 11.9 Å². The Kier molecular flexibility index (Phi) is 9.20. The fourth-order valence-corrected chi connectivity index (χ4v) is 3.32. The number of aryl methyl sites for hydroxylation is 1. The Morgan fingerprint density at radius 1 is 1.39 bits per heavy atom. The van der Waals surface area contributed by atoms with E-state index in [0.29, 0.717) is 23.7 Å². The summed E-state index contributed by atoms with van der Waals surface area (Å²) in [5, 5.41) is 10.4. The molecule has 1 saturated heterocycles. The van der Waals surface area contributed by atoms with Crippen molar-refractivity contribution in [2.45, 2.75) is 46.2 Å². The minimum absolute atomic E-state index is 0. The minimum Gasteiger partial charge on any atom is -0.319 e. The third-order valence-electron chi connectivity index (χ3n) is 4.84. The van der Waals surface area contributed by atoms with Crippen LogP contribution in [0.15, 0.2) is 29.5 Å². The van der Waals surface area contributed by atoms with Crippen LogP contribution in [0.4, 0.5) is 5.69 Å². The van der Waals surface area contributed by atoms with E-state index in [0.717, 1.165) is 25.9 Å². The molecular formula is C19H29Cl2N5O2. The lowest BCUT2D eigenvalue weighted by Crippen LogP contribution is -2.36. The van der Waals surface area contributed by atoms with Crippen LogP contribution in [0.25, 0.3) is 0 Å². The summed E-state index contributed by atoms with van der Waals surface area (Å²) in [7, 11) is 0. The van der Waals surface area contributed by atoms with Gasteiger partial charge in [0.25, 0.3) is 11.5 Å². The summed E-state index contributed by atoms with van der Waals surface area (Å²) in [6.45, 7) is 8.41. The molecule has 1 aliphatic heterocycles. The molecule has 1 amide bonds. The molecule has 3 heterocycles. The Balaban J connectivity index is 0.00000196. The second-order valence-corrected chi connectivity index (χ2v) is 7.30. The quantitative estimate of drug-likeness (QED) is 0.764. The van der Waals surface area contributed by atoms with Crippen LogP contribution < -0.4 is 16.2 Å². The highest BCUT2D eigenvalue weighted by atomic mass is 35.5. The van der Waals surface area contributed by atoms with Crippen molar-refractivity contribution in [2.24, 2.45) is 5.92 Å². The lowest BCUT2D eigenvalue weighted by Gasteiger charge is -2.23. The second-order valence-electron chi connectivity index (χ2n) is 7.30. The molecule has 0 radical (unpaired) electrons. The molecule has 2 aromatic heterocycles. The van der Waals surface area contributed by atoms with Crippen LogP contribution in [0.1, 0.15) is 48.7 Å². The average Bonchev–Trinajstić information content (AvgIpc) is 3.07. The van der Waals surface area contributed by atoms with Crippen LogP contribution in [0, 0.1) is 12.8 Å². The predicted octanol–water partition coefficient (Wildman–Crippen LogP) is 3.03. The molecule has 9 heteroatoms. The zero-order valence-corrected chi connectivity index (χ0v) is 18.1. The summed E-state index contributed by atoms with van der Waals surface area (Å²) in [6, 6.07) is 2.05. The van der Waals surface area contributed by atoms with E-state index in [9.17, 15) is 9.59 Å². The van der Waals surface area contributed by atoms with Crippen molar-refractivity contribution >= 4 is 36.4 Å². The van der Waals surface area contributed by atoms with Gasteiger partial charge in [0.15, 0.2) is 0 Å². The van der Waals surface area contributed by atoms with Gasteiger partial charge in [-0.15, -0.1) is 24.8 Å². The van der Waals surface area contributed by atoms with Crippen molar-refractivity contribution in [1.82, 2.24) is 19.7 Å². The largest absolute Gasteiger partial charge is 0.319 e. The number of carbonyl (C=O) groups is 1. The van der Waals surface area contributed by atoms with Gasteiger partial charge in [0.1, 0.15) is 5.56 Å². The highest BCUT2D eigenvalue weighted by Crippen LogP contribution is 2.14. The van der Waals surface area contributed by atoms with Crippen LogP contribution in [0.5, 0.6) is 0 Å². The van der Waals surface area contributed by atoms with Gasteiger partial charge in [-0.3, -0.25) is 14.3 Å². The summed E-state index contributed by atoms with van der Waals surface area (Å²) < 4.78 is 3.43. The molecule has 0 aliphatic carbocycles. The molecule has 1 unspecified atom stereocenters. The summed E-state index contributed by atoms with van der Waals surface area (Å²) in [5.74, 6) is 0.0382. The highest BCUT2D eigenvalue weighted by molar-refractivity contribution is 6.04. The Bertz CT molecular complexity index is 841. The van der Waals surface area contributed by atoms with Gasteiger partial charge in [0, 0.05) is 25.0 Å². The van der Waals surface area contributed by atoms with Gasteiger partial charge >= 0.3 is 0 Å². The van der Waals surface area contributed by atoms with Crippen molar-refractivity contribution in [3.63, 3.8) is 0 Å². The first-order valence-corrected chi connectivity index (χ1v) is 9.22. The lowest BCUT2D eigenvalue weighted by molar-refractivity contribution is 0.102. The standard InChI is InChI=1S/C19H27N5O2.2ClH/c1-13(2)24-12-16(10-21-24)22-18(25)17-14(3)6-8-23(19(17)26)11-15-5-4-7-20-9-15;;/h6,8,10,12-13,15,20H,4-5,7,9,11H2,1-3H3,(H,22,25);2*1H. The number of hydrogen-bond acceptors (Lipinski definition) is 4. The molecule has 0 aromatic carbocycles. The molecule has 0 saturated carbocycles. The van der Waals surface area contributed by atoms with Gasteiger partial charge < -0.3 is 15.2 Å². The number of piperidine rings is 1. The fraction of sp³-hybridized carbons (Fsp3) is 0.526. The number of nitrogens with zero attached hydrogens (tertiary/aromatic N) is 3. The highest BCUT2D eigenvalue weighted by Gasteiger charge is 2.19. The molecule has 28 heavy (non-hydrogen) atoms. The number of pyridine rings is 1. The van der Waals surface area contributed by atoms with Gasteiger partial charge in [-0.25, -0.2) is 0 Å². The first-order valence-electron chi connectivity index (χ1n) is 9.22. The zero-order valence-electron chi connectivity index (χ0n) is 16.5. The third-order valence-corrected chi connectivity index (χ3v) is 4.84. The van der Waals surface area contributed by atoms with Gasteiger partial charge in [-0.2, -0.15) is 5.10 Å². The molecule has 1 fully saturated rings. The van der Waals surface area contributed by atoms with Gasteiger partial charge in [0.2, 0.25) is 0 Å². The van der Waals surface area contributed by atoms with Crippen molar-refractivity contribution in [2.75, 3.05) is 18.4 Å². The monoisotopic (exact) mass is 429 g/mol. The van der Waals surface area contributed by atoms with Crippen LogP contribution in [0.3, 0.4) is 0 Å². The van der Waals surface area contributed by atoms with Crippen molar-refractivity contribution in [3.05, 3.63) is 46.1 Å². The lowest BCUT2D eigenvalue weighted by atomic mass is 9.99. The molecular weight excluding hydrogens is 401 g/mol. The van der Waals surface area contributed by atoms with Crippen molar-refractivity contribution in [3.8, 4) is 0 Å². The average molecular weight is 430 g/mol. The summed E-state index contributed by atoms with van der Waals surface area (Å²) >= 11 is 0. The van der Waals surface area contributed by atoms with E-state index in [-0.39, 0.29) is 47.9 Å². The molecule has 156 valence electrons. The van der Waals surface area contributed by atoms with Gasteiger partial charge in [-0.1, -0.05) is 0 Å². The number of halogens is 2. The predicted molar refractivity (Wildman–Crippen MR) is 116 cm³/mol. The third kappa shape index (κ3) is 5.59. The SMILES string of the molecule is Cc1ccn(CC2CCCNC2)c(=O)c1C(=O)Nc1cnn(C(C)C)c1.Cl.Cl. The molecule has 2 N–H and O–H groups in total. The maximum atomic E-state index is 12.9. The Morgan fingerprint density at radius 2 is 2.14 bits per heavy atom. The first-order chi connectivity index (χ1) is 12.5. The van der Waals surface area contributed by atoms with E-state index < -0.39 is 0 Å². The van der Waals surface area contributed by atoms with E-state index >= 15 is 0 Å². The van der Waals surface area contributed by atoms with E-state index in [1.54, 1.807) is 34.8 Å². The summed E-state index contributed by atoms with van der Waals surface area (Å²) in [5.41, 5.74) is 1.24. The molecule has 1 atom stereocenters. The molecule has 7 nitrogen and oxygen atoms in total. The Hall–Kier alpha value is -1.83. The molecule has 0 bridgehead atoms. The molecule has 2 aromatic rings. The van der Waals surface area contributed by atoms with E-state index in [4.69, 9.17) is 0 Å². The van der Waals surface area contributed by atoms with Crippen molar-refractivity contribution < 1.29 is 4.79 Å². The van der Waals surface area contributed by atoms with Gasteiger partial charge in [-0.05, 0) is 64.3 Å².